The normalized spacial score (nSPS) is 10.2. The first-order valence-corrected chi connectivity index (χ1v) is 8.15. The molecule has 0 aromatic heterocycles. The van der Waals surface area contributed by atoms with Crippen LogP contribution in [0.25, 0.3) is 0 Å². The highest BCUT2D eigenvalue weighted by Gasteiger charge is 2.17. The van der Waals surface area contributed by atoms with E-state index >= 15 is 0 Å². The molecule has 0 fully saturated rings. The van der Waals surface area contributed by atoms with Crippen molar-refractivity contribution < 1.29 is 19.1 Å². The van der Waals surface area contributed by atoms with Gasteiger partial charge < -0.3 is 14.4 Å². The minimum atomic E-state index is -0.618. The average Bonchev–Trinajstić information content (AvgIpc) is 2.55. The summed E-state index contributed by atoms with van der Waals surface area (Å²) in [5.41, 5.74) is 0.211. The third kappa shape index (κ3) is 4.72. The number of amides is 1. The molecule has 126 valence electrons. The Labute approximate surface area is 153 Å². The molecule has 0 aliphatic carbocycles. The van der Waals surface area contributed by atoms with Crippen LogP contribution in [0.5, 0.6) is 11.5 Å². The number of hydrogen-bond donors (Lipinski definition) is 0. The number of esters is 1. The van der Waals surface area contributed by atoms with Gasteiger partial charge in [-0.25, -0.2) is 4.79 Å². The zero-order valence-corrected chi connectivity index (χ0v) is 15.4. The van der Waals surface area contributed by atoms with Gasteiger partial charge in [-0.15, -0.1) is 0 Å². The van der Waals surface area contributed by atoms with Crippen molar-refractivity contribution >= 4 is 39.4 Å². The zero-order chi connectivity index (χ0) is 17.7. The van der Waals surface area contributed by atoms with E-state index in [4.69, 9.17) is 21.1 Å². The fraction of sp³-hybridized carbons (Fsp3) is 0.176. The van der Waals surface area contributed by atoms with Gasteiger partial charge in [0.2, 0.25) is 0 Å². The minimum absolute atomic E-state index is 0.170. The van der Waals surface area contributed by atoms with Crippen LogP contribution in [0.2, 0.25) is 5.02 Å². The van der Waals surface area contributed by atoms with Gasteiger partial charge in [-0.2, -0.15) is 0 Å². The average molecular weight is 413 g/mol. The Morgan fingerprint density at radius 3 is 2.50 bits per heavy atom. The molecule has 2 aromatic rings. The molecule has 0 spiro atoms. The lowest BCUT2D eigenvalue weighted by Crippen LogP contribution is -2.28. The lowest BCUT2D eigenvalue weighted by Gasteiger charge is -2.14. The van der Waals surface area contributed by atoms with Crippen LogP contribution in [0.1, 0.15) is 10.4 Å². The molecular weight excluding hydrogens is 398 g/mol. The van der Waals surface area contributed by atoms with Crippen molar-refractivity contribution in [1.82, 2.24) is 4.90 Å². The summed E-state index contributed by atoms with van der Waals surface area (Å²) in [6.07, 6.45) is 0. The number of nitrogens with zero attached hydrogens (tertiary/aromatic N) is 1. The lowest BCUT2D eigenvalue weighted by molar-refractivity contribution is -0.130. The lowest BCUT2D eigenvalue weighted by atomic mass is 10.2. The van der Waals surface area contributed by atoms with E-state index in [0.29, 0.717) is 5.02 Å². The second-order valence-corrected chi connectivity index (χ2v) is 6.36. The molecule has 0 radical (unpaired) electrons. The third-order valence-corrected chi connectivity index (χ3v) is 3.84. The van der Waals surface area contributed by atoms with E-state index in [2.05, 4.69) is 15.9 Å². The van der Waals surface area contributed by atoms with Crippen LogP contribution in [0.15, 0.2) is 46.9 Å². The van der Waals surface area contributed by atoms with Gasteiger partial charge in [0.25, 0.3) is 5.91 Å². The third-order valence-electron chi connectivity index (χ3n) is 3.05. The van der Waals surface area contributed by atoms with Gasteiger partial charge in [0.1, 0.15) is 17.1 Å². The number of carbonyl (C=O) groups excluding carboxylic acids is 2. The maximum atomic E-state index is 12.4. The van der Waals surface area contributed by atoms with E-state index in [9.17, 15) is 9.59 Å². The van der Waals surface area contributed by atoms with E-state index in [1.165, 1.54) is 4.90 Å². The van der Waals surface area contributed by atoms with Crippen LogP contribution in [-0.2, 0) is 4.79 Å². The van der Waals surface area contributed by atoms with E-state index in [1.54, 1.807) is 56.6 Å². The highest BCUT2D eigenvalue weighted by molar-refractivity contribution is 9.10. The van der Waals surface area contributed by atoms with E-state index in [0.717, 1.165) is 4.47 Å². The molecule has 2 aromatic carbocycles. The first kappa shape index (κ1) is 18.3. The summed E-state index contributed by atoms with van der Waals surface area (Å²) in [6.45, 7) is -0.170. The standard InChI is InChI=1S/C17H15BrClNO4/c1-20(2)16(21)10-23-14-6-4-3-5-12(14)17(22)24-15-8-7-11(18)9-13(15)19/h3-9H,10H2,1-2H3. The van der Waals surface area contributed by atoms with Gasteiger partial charge in [0, 0.05) is 18.6 Å². The largest absolute Gasteiger partial charge is 0.483 e. The summed E-state index contributed by atoms with van der Waals surface area (Å²) in [5.74, 6) is -0.323. The molecule has 0 aliphatic heterocycles. The first-order valence-electron chi connectivity index (χ1n) is 6.97. The summed E-state index contributed by atoms with van der Waals surface area (Å²) in [4.78, 5) is 25.4. The maximum absolute atomic E-state index is 12.4. The number of benzene rings is 2. The Hall–Kier alpha value is -2.05. The molecule has 7 heteroatoms. The highest BCUT2D eigenvalue weighted by Crippen LogP contribution is 2.29. The number of rotatable bonds is 5. The summed E-state index contributed by atoms with van der Waals surface area (Å²) >= 11 is 9.33. The first-order chi connectivity index (χ1) is 11.4. The Kier molecular flexibility index (Phi) is 6.23. The van der Waals surface area contributed by atoms with Crippen LogP contribution in [0.3, 0.4) is 0 Å². The number of para-hydroxylation sites is 1. The summed E-state index contributed by atoms with van der Waals surface area (Å²) in [6, 6.07) is 11.5. The van der Waals surface area contributed by atoms with Crippen molar-refractivity contribution in [2.24, 2.45) is 0 Å². The van der Waals surface area contributed by atoms with Crippen molar-refractivity contribution in [1.29, 1.82) is 0 Å². The molecule has 0 saturated carbocycles. The molecule has 0 unspecified atom stereocenters. The van der Waals surface area contributed by atoms with E-state index < -0.39 is 5.97 Å². The van der Waals surface area contributed by atoms with Crippen LogP contribution >= 0.6 is 27.5 Å². The van der Waals surface area contributed by atoms with Crippen molar-refractivity contribution in [3.63, 3.8) is 0 Å². The van der Waals surface area contributed by atoms with E-state index in [-0.39, 0.29) is 29.6 Å². The van der Waals surface area contributed by atoms with Gasteiger partial charge in [-0.1, -0.05) is 39.7 Å². The van der Waals surface area contributed by atoms with Crippen LogP contribution in [0.4, 0.5) is 0 Å². The quantitative estimate of drug-likeness (QED) is 0.554. The van der Waals surface area contributed by atoms with Gasteiger partial charge >= 0.3 is 5.97 Å². The number of ether oxygens (including phenoxy) is 2. The highest BCUT2D eigenvalue weighted by atomic mass is 79.9. The van der Waals surface area contributed by atoms with Crippen molar-refractivity contribution in [2.45, 2.75) is 0 Å². The molecule has 2 rings (SSSR count). The zero-order valence-electron chi connectivity index (χ0n) is 13.1. The Bertz CT molecular complexity index is 764. The van der Waals surface area contributed by atoms with Gasteiger partial charge in [-0.3, -0.25) is 4.79 Å². The fourth-order valence-electron chi connectivity index (χ4n) is 1.74. The van der Waals surface area contributed by atoms with Crippen LogP contribution in [0, 0.1) is 0 Å². The van der Waals surface area contributed by atoms with E-state index in [1.807, 2.05) is 0 Å². The SMILES string of the molecule is CN(C)C(=O)COc1ccccc1C(=O)Oc1ccc(Br)cc1Cl. The Morgan fingerprint density at radius 1 is 1.12 bits per heavy atom. The van der Waals surface area contributed by atoms with Crippen molar-refractivity contribution in [2.75, 3.05) is 20.7 Å². The topological polar surface area (TPSA) is 55.8 Å². The Balaban J connectivity index is 2.16. The van der Waals surface area contributed by atoms with Crippen LogP contribution in [-0.4, -0.2) is 37.5 Å². The number of hydrogen-bond acceptors (Lipinski definition) is 4. The second-order valence-electron chi connectivity index (χ2n) is 5.04. The molecule has 0 saturated heterocycles. The number of halogens is 2. The molecule has 0 N–H and O–H groups in total. The summed E-state index contributed by atoms with van der Waals surface area (Å²) < 4.78 is 11.5. The summed E-state index contributed by atoms with van der Waals surface area (Å²) in [5, 5.41) is 0.305. The summed E-state index contributed by atoms with van der Waals surface area (Å²) in [7, 11) is 3.25. The van der Waals surface area contributed by atoms with Gasteiger partial charge in [0.15, 0.2) is 6.61 Å². The molecule has 0 atom stereocenters. The molecule has 5 nitrogen and oxygen atoms in total. The fourth-order valence-corrected chi connectivity index (χ4v) is 2.45. The van der Waals surface area contributed by atoms with Crippen molar-refractivity contribution in [3.05, 3.63) is 57.5 Å². The maximum Gasteiger partial charge on any atom is 0.347 e. The molecule has 1 amide bonds. The predicted octanol–water partition coefficient (Wildman–Crippen LogP) is 3.79. The number of carbonyl (C=O) groups is 2. The second kappa shape index (κ2) is 8.17. The Morgan fingerprint density at radius 2 is 1.83 bits per heavy atom. The molecule has 0 heterocycles. The van der Waals surface area contributed by atoms with Gasteiger partial charge in [0.05, 0.1) is 5.02 Å². The molecular formula is C17H15BrClNO4. The molecule has 0 bridgehead atoms. The monoisotopic (exact) mass is 411 g/mol. The van der Waals surface area contributed by atoms with Crippen LogP contribution < -0.4 is 9.47 Å². The smallest absolute Gasteiger partial charge is 0.347 e. The molecule has 0 aliphatic rings. The predicted molar refractivity (Wildman–Crippen MR) is 94.7 cm³/mol. The number of likely N-dealkylation sites (N-methyl/N-ethyl adjacent to an activating group) is 1. The van der Waals surface area contributed by atoms with Crippen molar-refractivity contribution in [3.8, 4) is 11.5 Å². The molecule has 24 heavy (non-hydrogen) atoms. The van der Waals surface area contributed by atoms with Gasteiger partial charge in [-0.05, 0) is 30.3 Å². The minimum Gasteiger partial charge on any atom is -0.483 e.